The Hall–Kier alpha value is -2.33. The van der Waals surface area contributed by atoms with E-state index in [1.54, 1.807) is 18.2 Å². The summed E-state index contributed by atoms with van der Waals surface area (Å²) in [6.07, 6.45) is 2.02. The Labute approximate surface area is 264 Å². The van der Waals surface area contributed by atoms with E-state index >= 15 is 0 Å². The van der Waals surface area contributed by atoms with Gasteiger partial charge in [0.25, 0.3) is 0 Å². The molecule has 3 atom stereocenters. The molecular weight excluding hydrogens is 672 g/mol. The van der Waals surface area contributed by atoms with Crippen molar-refractivity contribution in [3.8, 4) is 5.75 Å². The van der Waals surface area contributed by atoms with E-state index in [-0.39, 0.29) is 24.3 Å². The van der Waals surface area contributed by atoms with Crippen molar-refractivity contribution >= 4 is 63.3 Å². The van der Waals surface area contributed by atoms with Crippen molar-refractivity contribution in [3.63, 3.8) is 0 Å². The summed E-state index contributed by atoms with van der Waals surface area (Å²) >= 11 is 15.1. The molecule has 1 unspecified atom stereocenters. The second-order valence-corrected chi connectivity index (χ2v) is 13.6. The number of nitrogens with one attached hydrogen (secondary N) is 2. The van der Waals surface area contributed by atoms with Gasteiger partial charge in [0.2, 0.25) is 11.8 Å². The second kappa shape index (κ2) is 11.4. The lowest BCUT2D eigenvalue weighted by Crippen LogP contribution is -2.57. The number of piperidine rings is 2. The number of anilines is 1. The molecule has 2 saturated heterocycles. The third-order valence-electron chi connectivity index (χ3n) is 8.79. The molecule has 0 bridgehead atoms. The Morgan fingerprint density at radius 1 is 1.00 bits per heavy atom. The average molecular weight is 704 g/mol. The Bertz CT molecular complexity index is 1510. The van der Waals surface area contributed by atoms with Crippen LogP contribution in [0.2, 0.25) is 10.0 Å². The first-order valence-corrected chi connectivity index (χ1v) is 15.9. The quantitative estimate of drug-likeness (QED) is 0.279. The molecule has 41 heavy (non-hydrogen) atoms. The van der Waals surface area contributed by atoms with Crippen LogP contribution >= 0.6 is 45.8 Å². The molecule has 2 N–H and O–H groups in total. The SMILES string of the molecule is CC(C)N1CCC(Oc2ccc(I)cc2[C@H]2NC(=O)C[C@@H](c3cccc(Cl)c3)C23C(=O)Nc2cc(Cl)ccc23)CC1. The molecule has 0 saturated carbocycles. The predicted octanol–water partition coefficient (Wildman–Crippen LogP) is 7.08. The van der Waals surface area contributed by atoms with Gasteiger partial charge in [-0.05, 0) is 103 Å². The van der Waals surface area contributed by atoms with Gasteiger partial charge in [0.15, 0.2) is 0 Å². The highest BCUT2D eigenvalue weighted by molar-refractivity contribution is 14.1. The summed E-state index contributed by atoms with van der Waals surface area (Å²) < 4.78 is 7.70. The van der Waals surface area contributed by atoms with Crippen molar-refractivity contribution in [2.75, 3.05) is 18.4 Å². The number of carbonyl (C=O) groups excluding carboxylic acids is 2. The Kier molecular flexibility index (Phi) is 8.00. The van der Waals surface area contributed by atoms with Crippen LogP contribution in [0.25, 0.3) is 0 Å². The second-order valence-electron chi connectivity index (χ2n) is 11.5. The lowest BCUT2D eigenvalue weighted by Gasteiger charge is -2.47. The normalized spacial score (nSPS) is 24.8. The summed E-state index contributed by atoms with van der Waals surface area (Å²) in [5.74, 6) is -0.0851. The van der Waals surface area contributed by atoms with Gasteiger partial charge >= 0.3 is 0 Å². The summed E-state index contributed by atoms with van der Waals surface area (Å²) in [4.78, 5) is 30.3. The predicted molar refractivity (Wildman–Crippen MR) is 171 cm³/mol. The number of fused-ring (bicyclic) bond motifs is 2. The van der Waals surface area contributed by atoms with Gasteiger partial charge in [-0.3, -0.25) is 9.59 Å². The fraction of sp³-hybridized carbons (Fsp3) is 0.375. The first kappa shape index (κ1) is 28.8. The van der Waals surface area contributed by atoms with E-state index in [9.17, 15) is 9.59 Å². The molecule has 0 aliphatic carbocycles. The minimum absolute atomic E-state index is 0.0475. The van der Waals surface area contributed by atoms with E-state index in [0.29, 0.717) is 27.5 Å². The van der Waals surface area contributed by atoms with Gasteiger partial charge in [0.1, 0.15) is 17.3 Å². The van der Waals surface area contributed by atoms with Crippen molar-refractivity contribution in [2.24, 2.45) is 0 Å². The number of ether oxygens (including phenoxy) is 1. The molecule has 6 nitrogen and oxygen atoms in total. The lowest BCUT2D eigenvalue weighted by molar-refractivity contribution is -0.131. The summed E-state index contributed by atoms with van der Waals surface area (Å²) in [5, 5.41) is 7.42. The zero-order chi connectivity index (χ0) is 28.9. The number of likely N-dealkylation sites (tertiary alicyclic amines) is 1. The molecule has 2 fully saturated rings. The maximum atomic E-state index is 14.4. The largest absolute Gasteiger partial charge is 0.490 e. The monoisotopic (exact) mass is 703 g/mol. The van der Waals surface area contributed by atoms with Crippen LogP contribution in [0.1, 0.15) is 61.8 Å². The van der Waals surface area contributed by atoms with Crippen molar-refractivity contribution < 1.29 is 14.3 Å². The van der Waals surface area contributed by atoms with Gasteiger partial charge in [0.05, 0.1) is 6.04 Å². The van der Waals surface area contributed by atoms with Gasteiger partial charge in [-0.15, -0.1) is 0 Å². The first-order chi connectivity index (χ1) is 19.7. The number of carbonyl (C=O) groups is 2. The third kappa shape index (κ3) is 5.24. The maximum Gasteiger partial charge on any atom is 0.238 e. The molecule has 2 amide bonds. The van der Waals surface area contributed by atoms with Crippen molar-refractivity contribution in [2.45, 2.75) is 62.6 Å². The summed E-state index contributed by atoms with van der Waals surface area (Å²) in [5.41, 5.74) is 1.94. The smallest absolute Gasteiger partial charge is 0.238 e. The Balaban J connectivity index is 1.50. The number of rotatable bonds is 5. The van der Waals surface area contributed by atoms with Crippen LogP contribution in [0.4, 0.5) is 5.69 Å². The molecule has 3 aliphatic heterocycles. The highest BCUT2D eigenvalue weighted by Crippen LogP contribution is 2.58. The van der Waals surface area contributed by atoms with Crippen molar-refractivity contribution in [3.05, 3.63) is 91.0 Å². The average Bonchev–Trinajstić information content (AvgIpc) is 3.22. The Morgan fingerprint density at radius 2 is 1.76 bits per heavy atom. The highest BCUT2D eigenvalue weighted by atomic mass is 127. The standard InChI is InChI=1S/C32H32Cl2IN3O3/c1-18(2)38-12-10-23(11-13-38)41-28-9-7-22(35)16-24(28)30-32(25-8-6-21(34)15-27(25)36-31(32)40)26(17-29(39)37-30)19-4-3-5-20(33)14-19/h3-9,14-16,18,23,26,30H,10-13,17H2,1-2H3,(H,36,40)(H,37,39)/t26-,30+,32?/m0/s1. The lowest BCUT2D eigenvalue weighted by atomic mass is 9.59. The highest BCUT2D eigenvalue weighted by Gasteiger charge is 2.61. The molecule has 3 aromatic rings. The van der Waals surface area contributed by atoms with E-state index in [2.05, 4.69) is 52.0 Å². The van der Waals surface area contributed by atoms with E-state index < -0.39 is 17.4 Å². The van der Waals surface area contributed by atoms with E-state index in [1.165, 1.54) is 0 Å². The van der Waals surface area contributed by atoms with Crippen LogP contribution < -0.4 is 15.4 Å². The molecule has 3 aromatic carbocycles. The molecule has 214 valence electrons. The number of hydrogen-bond donors (Lipinski definition) is 2. The third-order valence-corrected chi connectivity index (χ3v) is 9.93. The number of hydrogen-bond acceptors (Lipinski definition) is 4. The van der Waals surface area contributed by atoms with Crippen LogP contribution in [-0.2, 0) is 15.0 Å². The summed E-state index contributed by atoms with van der Waals surface area (Å²) in [7, 11) is 0. The van der Waals surface area contributed by atoms with Crippen molar-refractivity contribution in [1.82, 2.24) is 10.2 Å². The summed E-state index contributed by atoms with van der Waals surface area (Å²) in [6.45, 7) is 6.38. The van der Waals surface area contributed by atoms with Crippen molar-refractivity contribution in [1.29, 1.82) is 0 Å². The first-order valence-electron chi connectivity index (χ1n) is 14.0. The minimum Gasteiger partial charge on any atom is -0.490 e. The fourth-order valence-corrected chi connectivity index (χ4v) is 7.70. The molecular formula is C32H32Cl2IN3O3. The molecule has 1 spiro atoms. The number of benzene rings is 3. The number of nitrogens with zero attached hydrogens (tertiary/aromatic N) is 1. The minimum atomic E-state index is -1.15. The van der Waals surface area contributed by atoms with Crippen LogP contribution in [0.3, 0.4) is 0 Å². The van der Waals surface area contributed by atoms with E-state index in [1.807, 2.05) is 42.5 Å². The van der Waals surface area contributed by atoms with Crippen LogP contribution in [-0.4, -0.2) is 41.9 Å². The Morgan fingerprint density at radius 3 is 2.49 bits per heavy atom. The van der Waals surface area contributed by atoms with Crippen LogP contribution in [0.5, 0.6) is 5.75 Å². The molecule has 0 radical (unpaired) electrons. The topological polar surface area (TPSA) is 70.7 Å². The van der Waals surface area contributed by atoms with Gasteiger partial charge in [0, 0.05) is 56.3 Å². The molecule has 0 aromatic heterocycles. The molecule has 3 aliphatic rings. The number of halogens is 3. The summed E-state index contributed by atoms with van der Waals surface area (Å²) in [6, 6.07) is 18.8. The fourth-order valence-electron chi connectivity index (χ4n) is 6.81. The maximum absolute atomic E-state index is 14.4. The molecule has 9 heteroatoms. The van der Waals surface area contributed by atoms with Crippen LogP contribution in [0, 0.1) is 3.57 Å². The van der Waals surface area contributed by atoms with E-state index in [4.69, 9.17) is 27.9 Å². The molecule has 3 heterocycles. The van der Waals surface area contributed by atoms with Gasteiger partial charge in [-0.1, -0.05) is 41.4 Å². The molecule has 6 rings (SSSR count). The number of amides is 2. The van der Waals surface area contributed by atoms with Gasteiger partial charge in [-0.25, -0.2) is 0 Å². The van der Waals surface area contributed by atoms with Gasteiger partial charge in [-0.2, -0.15) is 0 Å². The van der Waals surface area contributed by atoms with Crippen LogP contribution in [0.15, 0.2) is 60.7 Å². The van der Waals surface area contributed by atoms with E-state index in [0.717, 1.165) is 46.2 Å². The zero-order valence-corrected chi connectivity index (χ0v) is 26.6. The zero-order valence-electron chi connectivity index (χ0n) is 22.9. The van der Waals surface area contributed by atoms with Gasteiger partial charge < -0.3 is 20.3 Å².